The molecule has 0 saturated carbocycles. The van der Waals surface area contributed by atoms with Gasteiger partial charge < -0.3 is 14.6 Å². The highest BCUT2D eigenvalue weighted by molar-refractivity contribution is 7.89. The number of aryl methyl sites for hydroxylation is 1. The number of aromatic nitrogens is 4. The summed E-state index contributed by atoms with van der Waals surface area (Å²) in [5.74, 6) is 0.707. The smallest absolute Gasteiger partial charge is 0.279 e. The molecule has 1 aliphatic heterocycles. The number of hydrogen-bond acceptors (Lipinski definition) is 7. The number of aromatic amines is 2. The summed E-state index contributed by atoms with van der Waals surface area (Å²) >= 11 is 0. The normalized spacial score (nSPS) is 16.8. The number of rotatable bonds is 11. The fourth-order valence-corrected chi connectivity index (χ4v) is 5.57. The molecule has 3 heterocycles. The summed E-state index contributed by atoms with van der Waals surface area (Å²) in [6.45, 7) is 5.87. The van der Waals surface area contributed by atoms with Gasteiger partial charge >= 0.3 is 0 Å². The molecule has 3 N–H and O–H groups in total. The minimum atomic E-state index is -3.76. The standard InChI is InChI=1S/C24H34N6O4S/c1-4-7-19-21-22(29-28-19)24(31)27-23(26-21)18-15-17(9-10-20(18)34-14-5-2)35(32,33)25-12-11-16-8-6-13-30(16)3/h9-10,15-16,25H,4-8,11-14H2,1-3H3,(H,28,29)(H,26,27,31). The number of hydrogen-bond donors (Lipinski definition) is 3. The zero-order chi connectivity index (χ0) is 25.0. The molecule has 1 fully saturated rings. The van der Waals surface area contributed by atoms with Gasteiger partial charge in [0.25, 0.3) is 5.56 Å². The summed E-state index contributed by atoms with van der Waals surface area (Å²) in [5.41, 5.74) is 1.51. The van der Waals surface area contributed by atoms with E-state index in [4.69, 9.17) is 4.74 Å². The van der Waals surface area contributed by atoms with Crippen LogP contribution in [0.15, 0.2) is 27.9 Å². The molecule has 0 radical (unpaired) electrons. The largest absolute Gasteiger partial charge is 0.493 e. The van der Waals surface area contributed by atoms with Gasteiger partial charge in [0.05, 0.1) is 22.8 Å². The lowest BCUT2D eigenvalue weighted by atomic mass is 10.1. The second kappa shape index (κ2) is 10.9. The van der Waals surface area contributed by atoms with Gasteiger partial charge in [-0.2, -0.15) is 5.10 Å². The molecule has 2 aromatic heterocycles. The minimum Gasteiger partial charge on any atom is -0.493 e. The third kappa shape index (κ3) is 5.57. The third-order valence-electron chi connectivity index (χ3n) is 6.40. The van der Waals surface area contributed by atoms with E-state index in [-0.39, 0.29) is 16.2 Å². The SMILES string of the molecule is CCCOc1ccc(S(=O)(=O)NCCC2CCCN2C)cc1-c1nc2c(CCC)[nH]nc2c(=O)[nH]1. The van der Waals surface area contributed by atoms with E-state index in [1.54, 1.807) is 6.07 Å². The molecule has 1 aliphatic rings. The van der Waals surface area contributed by atoms with Crippen molar-refractivity contribution in [1.82, 2.24) is 29.8 Å². The Kier molecular flexibility index (Phi) is 7.88. The number of H-pyrrole nitrogens is 2. The van der Waals surface area contributed by atoms with Crippen molar-refractivity contribution in [3.63, 3.8) is 0 Å². The lowest BCUT2D eigenvalue weighted by molar-refractivity contribution is 0.297. The zero-order valence-corrected chi connectivity index (χ0v) is 21.4. The number of fused-ring (bicyclic) bond motifs is 1. The molecule has 0 amide bonds. The molecule has 1 atom stereocenters. The van der Waals surface area contributed by atoms with Gasteiger partial charge in [0, 0.05) is 12.6 Å². The predicted molar refractivity (Wildman–Crippen MR) is 135 cm³/mol. The van der Waals surface area contributed by atoms with Crippen LogP contribution in [0.3, 0.4) is 0 Å². The van der Waals surface area contributed by atoms with Crippen molar-refractivity contribution in [3.05, 3.63) is 34.2 Å². The second-order valence-electron chi connectivity index (χ2n) is 9.03. The molecule has 0 spiro atoms. The van der Waals surface area contributed by atoms with Crippen LogP contribution in [0.5, 0.6) is 5.75 Å². The fourth-order valence-electron chi connectivity index (χ4n) is 4.50. The average molecular weight is 503 g/mol. The third-order valence-corrected chi connectivity index (χ3v) is 7.86. The van der Waals surface area contributed by atoms with Crippen LogP contribution in [0, 0.1) is 0 Å². The van der Waals surface area contributed by atoms with Gasteiger partial charge in [-0.1, -0.05) is 20.3 Å². The quantitative estimate of drug-likeness (QED) is 0.367. The Balaban J connectivity index is 1.68. The molecule has 1 saturated heterocycles. The van der Waals surface area contributed by atoms with Crippen LogP contribution >= 0.6 is 0 Å². The van der Waals surface area contributed by atoms with Gasteiger partial charge in [-0.3, -0.25) is 9.89 Å². The van der Waals surface area contributed by atoms with Gasteiger partial charge in [-0.25, -0.2) is 18.1 Å². The van der Waals surface area contributed by atoms with Crippen molar-refractivity contribution in [1.29, 1.82) is 0 Å². The Hall–Kier alpha value is -2.76. The number of nitrogens with zero attached hydrogens (tertiary/aromatic N) is 3. The van der Waals surface area contributed by atoms with E-state index in [1.807, 2.05) is 13.8 Å². The van der Waals surface area contributed by atoms with Crippen molar-refractivity contribution >= 4 is 21.1 Å². The number of nitrogens with one attached hydrogen (secondary N) is 3. The Bertz CT molecular complexity index is 1330. The van der Waals surface area contributed by atoms with Crippen LogP contribution < -0.4 is 15.0 Å². The Morgan fingerprint density at radius 3 is 2.77 bits per heavy atom. The van der Waals surface area contributed by atoms with E-state index in [2.05, 4.69) is 36.8 Å². The molecule has 1 aromatic carbocycles. The summed E-state index contributed by atoms with van der Waals surface area (Å²) in [7, 11) is -1.68. The Morgan fingerprint density at radius 1 is 1.23 bits per heavy atom. The Morgan fingerprint density at radius 2 is 2.06 bits per heavy atom. The lowest BCUT2D eigenvalue weighted by Gasteiger charge is -2.19. The number of benzene rings is 1. The van der Waals surface area contributed by atoms with Crippen molar-refractivity contribution in [2.24, 2.45) is 0 Å². The molecule has 0 aliphatic carbocycles. The minimum absolute atomic E-state index is 0.0971. The first-order valence-electron chi connectivity index (χ1n) is 12.3. The van der Waals surface area contributed by atoms with E-state index >= 15 is 0 Å². The molecule has 35 heavy (non-hydrogen) atoms. The second-order valence-corrected chi connectivity index (χ2v) is 10.8. The van der Waals surface area contributed by atoms with E-state index < -0.39 is 15.6 Å². The molecular weight excluding hydrogens is 468 g/mol. The number of sulfonamides is 1. The van der Waals surface area contributed by atoms with Crippen LogP contribution in [0.2, 0.25) is 0 Å². The number of likely N-dealkylation sites (tertiary alicyclic amines) is 1. The van der Waals surface area contributed by atoms with Crippen LogP contribution in [0.1, 0.15) is 51.6 Å². The van der Waals surface area contributed by atoms with E-state index in [1.165, 1.54) is 12.1 Å². The predicted octanol–water partition coefficient (Wildman–Crippen LogP) is 2.82. The summed E-state index contributed by atoms with van der Waals surface area (Å²) in [6.07, 6.45) is 5.32. The van der Waals surface area contributed by atoms with Crippen LogP contribution in [-0.2, 0) is 16.4 Å². The van der Waals surface area contributed by atoms with E-state index in [9.17, 15) is 13.2 Å². The molecule has 3 aromatic rings. The van der Waals surface area contributed by atoms with Crippen LogP contribution in [-0.4, -0.2) is 66.3 Å². The summed E-state index contributed by atoms with van der Waals surface area (Å²) in [5, 5.41) is 7.00. The average Bonchev–Trinajstić information content (AvgIpc) is 3.44. The van der Waals surface area contributed by atoms with Crippen LogP contribution in [0.25, 0.3) is 22.4 Å². The topological polar surface area (TPSA) is 133 Å². The maximum atomic E-state index is 13.1. The van der Waals surface area contributed by atoms with Crippen molar-refractivity contribution in [3.8, 4) is 17.1 Å². The highest BCUT2D eigenvalue weighted by Gasteiger charge is 2.23. The van der Waals surface area contributed by atoms with Gasteiger partial charge in [-0.15, -0.1) is 0 Å². The summed E-state index contributed by atoms with van der Waals surface area (Å²) in [4.78, 5) is 22.5. The Labute approximate surface area is 205 Å². The molecule has 1 unspecified atom stereocenters. The first kappa shape index (κ1) is 25.3. The molecule has 4 rings (SSSR count). The first-order chi connectivity index (χ1) is 16.8. The molecule has 190 valence electrons. The highest BCUT2D eigenvalue weighted by Crippen LogP contribution is 2.31. The van der Waals surface area contributed by atoms with Gasteiger partial charge in [0.1, 0.15) is 17.1 Å². The van der Waals surface area contributed by atoms with E-state index in [0.29, 0.717) is 42.4 Å². The van der Waals surface area contributed by atoms with Crippen molar-refractivity contribution in [2.75, 3.05) is 26.7 Å². The maximum absolute atomic E-state index is 13.1. The molecule has 0 bridgehead atoms. The first-order valence-corrected chi connectivity index (χ1v) is 13.8. The van der Waals surface area contributed by atoms with Gasteiger partial charge in [-0.05, 0) is 63.9 Å². The van der Waals surface area contributed by atoms with E-state index in [0.717, 1.165) is 44.3 Å². The van der Waals surface area contributed by atoms with Crippen molar-refractivity contribution in [2.45, 2.75) is 63.3 Å². The molecule has 11 heteroatoms. The maximum Gasteiger partial charge on any atom is 0.279 e. The van der Waals surface area contributed by atoms with Gasteiger partial charge in [0.2, 0.25) is 10.0 Å². The lowest BCUT2D eigenvalue weighted by Crippen LogP contribution is -2.31. The van der Waals surface area contributed by atoms with Crippen LogP contribution in [0.4, 0.5) is 0 Å². The summed E-state index contributed by atoms with van der Waals surface area (Å²) < 4.78 is 34.8. The van der Waals surface area contributed by atoms with Gasteiger partial charge in [0.15, 0.2) is 5.52 Å². The zero-order valence-electron chi connectivity index (χ0n) is 20.6. The monoisotopic (exact) mass is 502 g/mol. The van der Waals surface area contributed by atoms with Crippen molar-refractivity contribution < 1.29 is 13.2 Å². The highest BCUT2D eigenvalue weighted by atomic mass is 32.2. The summed E-state index contributed by atoms with van der Waals surface area (Å²) in [6, 6.07) is 5.05. The molecular formula is C24H34N6O4S. The fraction of sp³-hybridized carbons (Fsp3) is 0.542. The molecule has 10 nitrogen and oxygen atoms in total. The number of ether oxygens (including phenoxy) is 1.